The molecule has 1 amide bonds. The highest BCUT2D eigenvalue weighted by Crippen LogP contribution is 2.59. The fourth-order valence-corrected chi connectivity index (χ4v) is 4.81. The van der Waals surface area contributed by atoms with E-state index in [9.17, 15) is 4.79 Å². The number of aryl methyl sites for hydroxylation is 1. The number of rotatable bonds is 5. The van der Waals surface area contributed by atoms with Crippen LogP contribution in [-0.2, 0) is 11.3 Å². The van der Waals surface area contributed by atoms with Crippen molar-refractivity contribution in [1.29, 1.82) is 0 Å². The van der Waals surface area contributed by atoms with Gasteiger partial charge < -0.3 is 5.32 Å². The molecule has 2 aromatic rings. The molecule has 1 spiro atoms. The summed E-state index contributed by atoms with van der Waals surface area (Å²) in [5.41, 5.74) is 3.89. The van der Waals surface area contributed by atoms with Crippen molar-refractivity contribution in [2.45, 2.75) is 37.6 Å². The van der Waals surface area contributed by atoms with Crippen LogP contribution in [0.3, 0.4) is 0 Å². The molecule has 1 saturated heterocycles. The van der Waals surface area contributed by atoms with Gasteiger partial charge in [0, 0.05) is 23.0 Å². The van der Waals surface area contributed by atoms with Gasteiger partial charge in [0.2, 0.25) is 5.91 Å². The van der Waals surface area contributed by atoms with Crippen LogP contribution in [0.4, 0.5) is 5.69 Å². The van der Waals surface area contributed by atoms with Crippen LogP contribution in [0, 0.1) is 18.3 Å². The summed E-state index contributed by atoms with van der Waals surface area (Å²) >= 11 is 1.72. The Kier molecular flexibility index (Phi) is 5.29. The average molecular weight is 381 g/mol. The van der Waals surface area contributed by atoms with Crippen LogP contribution in [0.5, 0.6) is 0 Å². The molecule has 2 aliphatic rings. The Bertz CT molecular complexity index is 809. The monoisotopic (exact) mass is 380 g/mol. The number of thioether (sulfide) groups is 1. The Morgan fingerprint density at radius 2 is 1.93 bits per heavy atom. The number of carbonyl (C=O) groups is 1. The van der Waals surface area contributed by atoms with Crippen molar-refractivity contribution in [3.05, 3.63) is 59.7 Å². The Morgan fingerprint density at radius 1 is 1.19 bits per heavy atom. The SMILES string of the molecule is CSc1ccc(NC(=O)[C@@H]2CC23CCN(Cc2cccc(C)c2)CC3)cc1. The Morgan fingerprint density at radius 3 is 2.59 bits per heavy atom. The van der Waals surface area contributed by atoms with Crippen LogP contribution in [0.2, 0.25) is 0 Å². The van der Waals surface area contributed by atoms with Gasteiger partial charge in [0.25, 0.3) is 0 Å². The summed E-state index contributed by atoms with van der Waals surface area (Å²) in [6.07, 6.45) is 5.40. The topological polar surface area (TPSA) is 32.3 Å². The van der Waals surface area contributed by atoms with Gasteiger partial charge in [-0.1, -0.05) is 29.8 Å². The number of benzene rings is 2. The summed E-state index contributed by atoms with van der Waals surface area (Å²) in [4.78, 5) is 16.4. The molecule has 4 rings (SSSR count). The van der Waals surface area contributed by atoms with Crippen LogP contribution in [0.1, 0.15) is 30.4 Å². The van der Waals surface area contributed by atoms with Gasteiger partial charge in [0.15, 0.2) is 0 Å². The second-order valence-electron chi connectivity index (χ2n) is 8.10. The first-order valence-corrected chi connectivity index (χ1v) is 11.0. The first-order chi connectivity index (χ1) is 13.1. The van der Waals surface area contributed by atoms with Crippen molar-refractivity contribution in [3.8, 4) is 0 Å². The van der Waals surface area contributed by atoms with E-state index in [-0.39, 0.29) is 17.2 Å². The van der Waals surface area contributed by atoms with Crippen LogP contribution in [0.25, 0.3) is 0 Å². The molecule has 1 aliphatic carbocycles. The number of nitrogens with zero attached hydrogens (tertiary/aromatic N) is 1. The highest BCUT2D eigenvalue weighted by molar-refractivity contribution is 7.98. The fraction of sp³-hybridized carbons (Fsp3) is 0.435. The number of hydrogen-bond acceptors (Lipinski definition) is 3. The summed E-state index contributed by atoms with van der Waals surface area (Å²) in [6.45, 7) is 5.37. The molecule has 1 atom stereocenters. The van der Waals surface area contributed by atoms with Crippen molar-refractivity contribution in [1.82, 2.24) is 4.90 Å². The minimum Gasteiger partial charge on any atom is -0.326 e. The summed E-state index contributed by atoms with van der Waals surface area (Å²) < 4.78 is 0. The van der Waals surface area contributed by atoms with E-state index in [1.54, 1.807) is 11.8 Å². The van der Waals surface area contributed by atoms with Crippen LogP contribution in [0.15, 0.2) is 53.4 Å². The zero-order valence-corrected chi connectivity index (χ0v) is 17.0. The van der Waals surface area contributed by atoms with Crippen LogP contribution in [-0.4, -0.2) is 30.2 Å². The van der Waals surface area contributed by atoms with Crippen LogP contribution < -0.4 is 5.32 Å². The molecule has 2 aromatic carbocycles. The second kappa shape index (κ2) is 7.69. The van der Waals surface area contributed by atoms with E-state index < -0.39 is 0 Å². The zero-order chi connectivity index (χ0) is 18.9. The van der Waals surface area contributed by atoms with E-state index in [1.807, 2.05) is 12.1 Å². The van der Waals surface area contributed by atoms with Gasteiger partial charge in [-0.15, -0.1) is 11.8 Å². The number of piperidine rings is 1. The molecule has 1 saturated carbocycles. The Labute approximate surface area is 166 Å². The number of likely N-dealkylation sites (tertiary alicyclic amines) is 1. The summed E-state index contributed by atoms with van der Waals surface area (Å²) in [6, 6.07) is 16.9. The van der Waals surface area contributed by atoms with Crippen molar-refractivity contribution in [2.75, 3.05) is 24.7 Å². The summed E-state index contributed by atoms with van der Waals surface area (Å²) in [7, 11) is 0. The van der Waals surface area contributed by atoms with Gasteiger partial charge in [-0.05, 0) is 80.8 Å². The maximum absolute atomic E-state index is 12.7. The third-order valence-corrected chi connectivity index (χ3v) is 6.95. The van der Waals surface area contributed by atoms with Gasteiger partial charge in [-0.3, -0.25) is 9.69 Å². The first-order valence-electron chi connectivity index (χ1n) is 9.81. The predicted octanol–water partition coefficient (Wildman–Crippen LogP) is 4.96. The third-order valence-electron chi connectivity index (χ3n) is 6.20. The van der Waals surface area contributed by atoms with Crippen molar-refractivity contribution < 1.29 is 4.79 Å². The van der Waals surface area contributed by atoms with Gasteiger partial charge >= 0.3 is 0 Å². The molecule has 4 heteroatoms. The molecule has 0 radical (unpaired) electrons. The Balaban J connectivity index is 1.28. The fourth-order valence-electron chi connectivity index (χ4n) is 4.40. The molecular formula is C23H28N2OS. The van der Waals surface area contributed by atoms with E-state index in [0.29, 0.717) is 0 Å². The maximum Gasteiger partial charge on any atom is 0.228 e. The lowest BCUT2D eigenvalue weighted by molar-refractivity contribution is -0.118. The standard InChI is InChI=1S/C23H28N2OS/c1-17-4-3-5-18(14-17)16-25-12-10-23(11-13-25)15-21(23)22(26)24-19-6-8-20(27-2)9-7-19/h3-9,14,21H,10-13,15-16H2,1-2H3,(H,24,26)/t21-/m0/s1. The van der Waals surface area contributed by atoms with Gasteiger partial charge in [0.05, 0.1) is 0 Å². The molecule has 2 fully saturated rings. The molecule has 0 unspecified atom stereocenters. The molecule has 0 bridgehead atoms. The highest BCUT2D eigenvalue weighted by atomic mass is 32.2. The Hall–Kier alpha value is -1.78. The molecule has 1 aliphatic heterocycles. The lowest BCUT2D eigenvalue weighted by Crippen LogP contribution is -2.35. The number of amides is 1. The number of anilines is 1. The zero-order valence-electron chi connectivity index (χ0n) is 16.2. The maximum atomic E-state index is 12.7. The predicted molar refractivity (Wildman–Crippen MR) is 113 cm³/mol. The van der Waals surface area contributed by atoms with Gasteiger partial charge in [0.1, 0.15) is 0 Å². The minimum atomic E-state index is 0.193. The van der Waals surface area contributed by atoms with Crippen molar-refractivity contribution >= 4 is 23.4 Å². The lowest BCUT2D eigenvalue weighted by atomic mass is 9.90. The lowest BCUT2D eigenvalue weighted by Gasteiger charge is -2.32. The molecule has 3 nitrogen and oxygen atoms in total. The summed E-state index contributed by atoms with van der Waals surface area (Å²) in [5.74, 6) is 0.401. The quantitative estimate of drug-likeness (QED) is 0.744. The largest absolute Gasteiger partial charge is 0.326 e. The first kappa shape index (κ1) is 18.6. The molecule has 1 N–H and O–H groups in total. The van der Waals surface area contributed by atoms with Crippen molar-refractivity contribution in [3.63, 3.8) is 0 Å². The van der Waals surface area contributed by atoms with E-state index in [1.165, 1.54) is 16.0 Å². The van der Waals surface area contributed by atoms with Crippen molar-refractivity contribution in [2.24, 2.45) is 11.3 Å². The smallest absolute Gasteiger partial charge is 0.228 e. The molecule has 1 heterocycles. The molecule has 0 aromatic heterocycles. The minimum absolute atomic E-state index is 0.193. The van der Waals surface area contributed by atoms with E-state index in [4.69, 9.17) is 0 Å². The van der Waals surface area contributed by atoms with Crippen LogP contribution >= 0.6 is 11.8 Å². The average Bonchev–Trinajstić information content (AvgIpc) is 3.38. The second-order valence-corrected chi connectivity index (χ2v) is 8.98. The van der Waals surface area contributed by atoms with E-state index in [2.05, 4.69) is 59.8 Å². The molecular weight excluding hydrogens is 352 g/mol. The van der Waals surface area contributed by atoms with E-state index >= 15 is 0 Å². The van der Waals surface area contributed by atoms with E-state index in [0.717, 1.165) is 44.6 Å². The number of carbonyl (C=O) groups excluding carboxylic acids is 1. The number of nitrogens with one attached hydrogen (secondary N) is 1. The third kappa shape index (κ3) is 4.22. The van der Waals surface area contributed by atoms with Gasteiger partial charge in [-0.25, -0.2) is 0 Å². The molecule has 142 valence electrons. The normalized spacial score (nSPS) is 21.2. The van der Waals surface area contributed by atoms with Gasteiger partial charge in [-0.2, -0.15) is 0 Å². The summed E-state index contributed by atoms with van der Waals surface area (Å²) in [5, 5.41) is 3.12. The molecule has 27 heavy (non-hydrogen) atoms. The number of hydrogen-bond donors (Lipinski definition) is 1. The highest BCUT2D eigenvalue weighted by Gasteiger charge is 2.58.